The lowest BCUT2D eigenvalue weighted by Crippen LogP contribution is -2.29. The van der Waals surface area contributed by atoms with Gasteiger partial charge >= 0.3 is 0 Å². The third-order valence-corrected chi connectivity index (χ3v) is 3.47. The molecule has 0 aliphatic heterocycles. The number of rotatable bonds is 4. The maximum Gasteiger partial charge on any atom is 0.0346 e. The van der Waals surface area contributed by atoms with Crippen LogP contribution in [0.4, 0.5) is 5.69 Å². The van der Waals surface area contributed by atoms with E-state index < -0.39 is 0 Å². The molecule has 2 nitrogen and oxygen atoms in total. The number of hydrogen-bond acceptors (Lipinski definition) is 2. The van der Waals surface area contributed by atoms with E-state index in [1.54, 1.807) is 0 Å². The summed E-state index contributed by atoms with van der Waals surface area (Å²) in [7, 11) is 4.03. The van der Waals surface area contributed by atoms with Gasteiger partial charge in [-0.05, 0) is 43.5 Å². The largest absolute Gasteiger partial charge is 0.388 e. The fourth-order valence-electron chi connectivity index (χ4n) is 2.34. The zero-order valence-electron chi connectivity index (χ0n) is 9.59. The highest BCUT2D eigenvalue weighted by molar-refractivity contribution is 5.46. The van der Waals surface area contributed by atoms with E-state index in [1.807, 2.05) is 7.05 Å². The molecule has 1 aromatic rings. The van der Waals surface area contributed by atoms with Crippen molar-refractivity contribution in [2.24, 2.45) is 5.92 Å². The molecule has 0 aromatic heterocycles. The van der Waals surface area contributed by atoms with E-state index in [-0.39, 0.29) is 0 Å². The van der Waals surface area contributed by atoms with Gasteiger partial charge in [0.15, 0.2) is 0 Å². The van der Waals surface area contributed by atoms with Crippen molar-refractivity contribution in [1.82, 2.24) is 5.32 Å². The van der Waals surface area contributed by atoms with Crippen LogP contribution in [0.15, 0.2) is 24.3 Å². The SMILES string of the molecule is CNc1cccc(C(NC)C2CCC2)c1. The maximum atomic E-state index is 3.44. The second-order valence-electron chi connectivity index (χ2n) is 4.33. The lowest BCUT2D eigenvalue weighted by Gasteiger charge is -2.34. The molecular formula is C13H20N2. The molecule has 2 rings (SSSR count). The third-order valence-electron chi connectivity index (χ3n) is 3.47. The van der Waals surface area contributed by atoms with Gasteiger partial charge in [0.2, 0.25) is 0 Å². The van der Waals surface area contributed by atoms with Crippen LogP contribution >= 0.6 is 0 Å². The first-order valence-corrected chi connectivity index (χ1v) is 5.80. The molecule has 2 N–H and O–H groups in total. The summed E-state index contributed by atoms with van der Waals surface area (Å²) in [5.41, 5.74) is 2.61. The lowest BCUT2D eigenvalue weighted by atomic mass is 9.77. The molecule has 1 saturated carbocycles. The predicted molar refractivity (Wildman–Crippen MR) is 65.1 cm³/mol. The summed E-state index contributed by atoms with van der Waals surface area (Å²) in [6.45, 7) is 0. The lowest BCUT2D eigenvalue weighted by molar-refractivity contribution is 0.239. The highest BCUT2D eigenvalue weighted by Crippen LogP contribution is 2.37. The molecular weight excluding hydrogens is 184 g/mol. The highest BCUT2D eigenvalue weighted by atomic mass is 14.9. The van der Waals surface area contributed by atoms with E-state index in [9.17, 15) is 0 Å². The average Bonchev–Trinajstić information content (AvgIpc) is 2.23. The molecule has 2 heteroatoms. The highest BCUT2D eigenvalue weighted by Gasteiger charge is 2.27. The van der Waals surface area contributed by atoms with Gasteiger partial charge in [-0.1, -0.05) is 18.6 Å². The second kappa shape index (κ2) is 4.67. The van der Waals surface area contributed by atoms with Gasteiger partial charge in [-0.15, -0.1) is 0 Å². The molecule has 82 valence electrons. The summed E-state index contributed by atoms with van der Waals surface area (Å²) < 4.78 is 0. The van der Waals surface area contributed by atoms with Crippen LogP contribution in [0.1, 0.15) is 30.9 Å². The quantitative estimate of drug-likeness (QED) is 0.788. The first-order valence-electron chi connectivity index (χ1n) is 5.80. The summed E-state index contributed by atoms with van der Waals surface area (Å²) in [5.74, 6) is 0.835. The Kier molecular flexibility index (Phi) is 3.27. The van der Waals surface area contributed by atoms with Crippen molar-refractivity contribution in [3.8, 4) is 0 Å². The zero-order valence-corrected chi connectivity index (χ0v) is 9.59. The molecule has 0 radical (unpaired) electrons. The van der Waals surface area contributed by atoms with E-state index >= 15 is 0 Å². The number of hydrogen-bond donors (Lipinski definition) is 2. The Balaban J connectivity index is 2.17. The molecule has 1 fully saturated rings. The molecule has 1 aromatic carbocycles. The van der Waals surface area contributed by atoms with Crippen molar-refractivity contribution in [2.75, 3.05) is 19.4 Å². The minimum atomic E-state index is 0.534. The third kappa shape index (κ3) is 2.15. The molecule has 1 aliphatic carbocycles. The zero-order chi connectivity index (χ0) is 10.7. The number of anilines is 1. The van der Waals surface area contributed by atoms with Gasteiger partial charge in [0.05, 0.1) is 0 Å². The summed E-state index contributed by atoms with van der Waals surface area (Å²) in [6, 6.07) is 9.24. The Bertz CT molecular complexity index is 318. The van der Waals surface area contributed by atoms with Crippen molar-refractivity contribution in [3.05, 3.63) is 29.8 Å². The van der Waals surface area contributed by atoms with Crippen molar-refractivity contribution < 1.29 is 0 Å². The van der Waals surface area contributed by atoms with E-state index in [0.717, 1.165) is 5.92 Å². The topological polar surface area (TPSA) is 24.1 Å². The maximum absolute atomic E-state index is 3.44. The molecule has 0 amide bonds. The fraction of sp³-hybridized carbons (Fsp3) is 0.538. The van der Waals surface area contributed by atoms with E-state index in [4.69, 9.17) is 0 Å². The molecule has 15 heavy (non-hydrogen) atoms. The van der Waals surface area contributed by atoms with E-state index in [2.05, 4.69) is 41.9 Å². The number of benzene rings is 1. The minimum absolute atomic E-state index is 0.534. The second-order valence-corrected chi connectivity index (χ2v) is 4.33. The van der Waals surface area contributed by atoms with Crippen LogP contribution in [0.3, 0.4) is 0 Å². The number of nitrogens with one attached hydrogen (secondary N) is 2. The smallest absolute Gasteiger partial charge is 0.0346 e. The molecule has 1 unspecified atom stereocenters. The van der Waals surface area contributed by atoms with Gasteiger partial charge in [-0.25, -0.2) is 0 Å². The van der Waals surface area contributed by atoms with Crippen LogP contribution in [0, 0.1) is 5.92 Å². The van der Waals surface area contributed by atoms with Crippen molar-refractivity contribution in [2.45, 2.75) is 25.3 Å². The first kappa shape index (κ1) is 10.5. The Hall–Kier alpha value is -1.02. The van der Waals surface area contributed by atoms with E-state index in [1.165, 1.54) is 30.5 Å². The van der Waals surface area contributed by atoms with Gasteiger partial charge in [0, 0.05) is 18.8 Å². The van der Waals surface area contributed by atoms with Crippen LogP contribution < -0.4 is 10.6 Å². The monoisotopic (exact) mass is 204 g/mol. The molecule has 1 atom stereocenters. The summed E-state index contributed by atoms with van der Waals surface area (Å²) in [6.07, 6.45) is 4.14. The van der Waals surface area contributed by atoms with Crippen molar-refractivity contribution >= 4 is 5.69 Å². The van der Waals surface area contributed by atoms with Gasteiger partial charge in [0.25, 0.3) is 0 Å². The van der Waals surface area contributed by atoms with Crippen molar-refractivity contribution in [1.29, 1.82) is 0 Å². The van der Waals surface area contributed by atoms with Gasteiger partial charge in [-0.2, -0.15) is 0 Å². The van der Waals surface area contributed by atoms with Crippen LogP contribution in [0.25, 0.3) is 0 Å². The minimum Gasteiger partial charge on any atom is -0.388 e. The predicted octanol–water partition coefficient (Wildman–Crippen LogP) is 2.79. The molecule has 0 saturated heterocycles. The summed E-state index contributed by atoms with van der Waals surface area (Å²) >= 11 is 0. The van der Waals surface area contributed by atoms with Crippen LogP contribution in [0.5, 0.6) is 0 Å². The summed E-state index contributed by atoms with van der Waals surface area (Å²) in [5, 5.41) is 6.64. The average molecular weight is 204 g/mol. The standard InChI is InChI=1S/C13H20N2/c1-14-12-8-4-7-11(9-12)13(15-2)10-5-3-6-10/h4,7-10,13-15H,3,5-6H2,1-2H3. The fourth-order valence-corrected chi connectivity index (χ4v) is 2.34. The van der Waals surface area contributed by atoms with Crippen LogP contribution in [-0.4, -0.2) is 14.1 Å². The Morgan fingerprint density at radius 3 is 2.60 bits per heavy atom. The Labute approximate surface area is 92.1 Å². The van der Waals surface area contributed by atoms with Crippen molar-refractivity contribution in [3.63, 3.8) is 0 Å². The van der Waals surface area contributed by atoms with Crippen LogP contribution in [-0.2, 0) is 0 Å². The van der Waals surface area contributed by atoms with E-state index in [0.29, 0.717) is 6.04 Å². The molecule has 1 aliphatic rings. The Morgan fingerprint density at radius 1 is 1.27 bits per heavy atom. The molecule has 0 bridgehead atoms. The Morgan fingerprint density at radius 2 is 2.07 bits per heavy atom. The van der Waals surface area contributed by atoms with Crippen LogP contribution in [0.2, 0.25) is 0 Å². The molecule has 0 spiro atoms. The van der Waals surface area contributed by atoms with Gasteiger partial charge < -0.3 is 10.6 Å². The summed E-state index contributed by atoms with van der Waals surface area (Å²) in [4.78, 5) is 0. The van der Waals surface area contributed by atoms with Gasteiger partial charge in [0.1, 0.15) is 0 Å². The molecule has 0 heterocycles. The van der Waals surface area contributed by atoms with Gasteiger partial charge in [-0.3, -0.25) is 0 Å². The first-order chi connectivity index (χ1) is 7.35. The normalized spacial score (nSPS) is 18.3.